The van der Waals surface area contributed by atoms with E-state index in [0.717, 1.165) is 11.3 Å². The zero-order valence-corrected chi connectivity index (χ0v) is 10.7. The molecule has 2 rings (SSSR count). The van der Waals surface area contributed by atoms with Gasteiger partial charge in [0.25, 0.3) is 0 Å². The van der Waals surface area contributed by atoms with Crippen molar-refractivity contribution in [2.45, 2.75) is 20.1 Å². The predicted octanol–water partition coefficient (Wildman–Crippen LogP) is 2.24. The van der Waals surface area contributed by atoms with Gasteiger partial charge in [-0.3, -0.25) is 4.98 Å². The summed E-state index contributed by atoms with van der Waals surface area (Å²) >= 11 is 0. The van der Waals surface area contributed by atoms with E-state index in [0.29, 0.717) is 11.3 Å². The molecule has 0 fully saturated rings. The fourth-order valence-corrected chi connectivity index (χ4v) is 1.72. The molecule has 0 saturated carbocycles. The van der Waals surface area contributed by atoms with Crippen molar-refractivity contribution in [3.05, 3.63) is 65.0 Å². The monoisotopic (exact) mass is 257 g/mol. The first-order valence-corrected chi connectivity index (χ1v) is 5.99. The fraction of sp³-hybridized carbons (Fsp3) is 0.200. The molecular formula is C15H15NO3. The second-order valence-corrected chi connectivity index (χ2v) is 4.17. The third-order valence-corrected chi connectivity index (χ3v) is 2.70. The molecule has 2 aromatic rings. The molecule has 1 aromatic heterocycles. The van der Waals surface area contributed by atoms with Crippen molar-refractivity contribution >= 4 is 5.97 Å². The summed E-state index contributed by atoms with van der Waals surface area (Å²) in [6.07, 6.45) is 0. The minimum absolute atomic E-state index is 0.207. The van der Waals surface area contributed by atoms with Crippen molar-refractivity contribution in [2.75, 3.05) is 0 Å². The molecule has 0 aliphatic heterocycles. The first-order valence-electron chi connectivity index (χ1n) is 5.99. The van der Waals surface area contributed by atoms with Gasteiger partial charge >= 0.3 is 5.97 Å². The van der Waals surface area contributed by atoms with Crippen LogP contribution in [0.4, 0.5) is 0 Å². The van der Waals surface area contributed by atoms with Gasteiger partial charge in [0.1, 0.15) is 6.61 Å². The Hall–Kier alpha value is -2.20. The molecule has 4 nitrogen and oxygen atoms in total. The number of pyridine rings is 1. The number of aliphatic hydroxyl groups excluding tert-OH is 1. The largest absolute Gasteiger partial charge is 0.457 e. The number of rotatable bonds is 4. The molecule has 0 saturated heterocycles. The summed E-state index contributed by atoms with van der Waals surface area (Å²) in [5.74, 6) is -0.472. The number of carbonyl (C=O) groups excluding carboxylic acids is 1. The number of aryl methyl sites for hydroxylation is 1. The van der Waals surface area contributed by atoms with Crippen LogP contribution in [0.1, 0.15) is 27.3 Å². The van der Waals surface area contributed by atoms with Crippen LogP contribution >= 0.6 is 0 Å². The van der Waals surface area contributed by atoms with Gasteiger partial charge in [-0.1, -0.05) is 30.3 Å². The Labute approximate surface area is 111 Å². The van der Waals surface area contributed by atoms with E-state index >= 15 is 0 Å². The summed E-state index contributed by atoms with van der Waals surface area (Å²) in [6.45, 7) is 1.73. The van der Waals surface area contributed by atoms with Crippen molar-refractivity contribution in [1.82, 2.24) is 4.98 Å². The van der Waals surface area contributed by atoms with Crippen molar-refractivity contribution in [3.8, 4) is 0 Å². The number of aliphatic hydroxyl groups is 1. The predicted molar refractivity (Wildman–Crippen MR) is 70.5 cm³/mol. The van der Waals surface area contributed by atoms with E-state index in [9.17, 15) is 9.90 Å². The molecule has 1 aromatic carbocycles. The molecule has 19 heavy (non-hydrogen) atoms. The topological polar surface area (TPSA) is 59.4 Å². The molecule has 0 radical (unpaired) electrons. The number of hydrogen-bond acceptors (Lipinski definition) is 4. The lowest BCUT2D eigenvalue weighted by molar-refractivity contribution is 0.0468. The molecule has 0 spiro atoms. The lowest BCUT2D eigenvalue weighted by Crippen LogP contribution is -2.10. The third-order valence-electron chi connectivity index (χ3n) is 2.70. The van der Waals surface area contributed by atoms with E-state index < -0.39 is 5.97 Å². The Bertz CT molecular complexity index is 567. The SMILES string of the molecule is Cc1ccc(C(=O)OCc2ccccc2)c(CO)n1. The minimum Gasteiger partial charge on any atom is -0.457 e. The van der Waals surface area contributed by atoms with Crippen LogP contribution in [-0.2, 0) is 18.0 Å². The van der Waals surface area contributed by atoms with Crippen LogP contribution < -0.4 is 0 Å². The quantitative estimate of drug-likeness (QED) is 0.853. The summed E-state index contributed by atoms with van der Waals surface area (Å²) in [5, 5.41) is 9.21. The summed E-state index contributed by atoms with van der Waals surface area (Å²) in [6, 6.07) is 12.8. The number of hydrogen-bond donors (Lipinski definition) is 1. The summed E-state index contributed by atoms with van der Waals surface area (Å²) < 4.78 is 5.21. The van der Waals surface area contributed by atoms with Gasteiger partial charge in [-0.2, -0.15) is 0 Å². The molecule has 1 heterocycles. The van der Waals surface area contributed by atoms with Crippen molar-refractivity contribution in [3.63, 3.8) is 0 Å². The second-order valence-electron chi connectivity index (χ2n) is 4.17. The fourth-order valence-electron chi connectivity index (χ4n) is 1.72. The third kappa shape index (κ3) is 3.39. The van der Waals surface area contributed by atoms with Crippen LogP contribution in [0.15, 0.2) is 42.5 Å². The highest BCUT2D eigenvalue weighted by Gasteiger charge is 2.13. The molecule has 0 atom stereocenters. The van der Waals surface area contributed by atoms with Crippen LogP contribution in [0.3, 0.4) is 0 Å². The van der Waals surface area contributed by atoms with E-state index in [2.05, 4.69) is 4.98 Å². The second kappa shape index (κ2) is 6.11. The van der Waals surface area contributed by atoms with Gasteiger partial charge in [-0.05, 0) is 24.6 Å². The zero-order chi connectivity index (χ0) is 13.7. The molecular weight excluding hydrogens is 242 g/mol. The maximum atomic E-state index is 11.9. The highest BCUT2D eigenvalue weighted by Crippen LogP contribution is 2.11. The van der Waals surface area contributed by atoms with Gasteiger partial charge in [0.2, 0.25) is 0 Å². The smallest absolute Gasteiger partial charge is 0.340 e. The Morgan fingerprint density at radius 1 is 1.21 bits per heavy atom. The molecule has 4 heteroatoms. The molecule has 1 N–H and O–H groups in total. The normalized spacial score (nSPS) is 10.2. The van der Waals surface area contributed by atoms with E-state index in [-0.39, 0.29) is 13.2 Å². The van der Waals surface area contributed by atoms with Gasteiger partial charge in [-0.15, -0.1) is 0 Å². The molecule has 98 valence electrons. The highest BCUT2D eigenvalue weighted by molar-refractivity contribution is 5.90. The highest BCUT2D eigenvalue weighted by atomic mass is 16.5. The zero-order valence-electron chi connectivity index (χ0n) is 10.7. The lowest BCUT2D eigenvalue weighted by Gasteiger charge is -2.08. The Balaban J connectivity index is 2.08. The first-order chi connectivity index (χ1) is 9.20. The van der Waals surface area contributed by atoms with Gasteiger partial charge in [0, 0.05) is 5.69 Å². The summed E-state index contributed by atoms with van der Waals surface area (Å²) in [5.41, 5.74) is 2.33. The first kappa shape index (κ1) is 13.2. The van der Waals surface area contributed by atoms with Crippen LogP contribution in [0.5, 0.6) is 0 Å². The molecule has 0 unspecified atom stereocenters. The van der Waals surface area contributed by atoms with Crippen LogP contribution in [-0.4, -0.2) is 16.1 Å². The number of benzene rings is 1. The van der Waals surface area contributed by atoms with Crippen molar-refractivity contribution in [2.24, 2.45) is 0 Å². The van der Waals surface area contributed by atoms with Crippen LogP contribution in [0.25, 0.3) is 0 Å². The maximum Gasteiger partial charge on any atom is 0.340 e. The van der Waals surface area contributed by atoms with Crippen LogP contribution in [0.2, 0.25) is 0 Å². The van der Waals surface area contributed by atoms with Gasteiger partial charge in [0.05, 0.1) is 17.9 Å². The standard InChI is InChI=1S/C15H15NO3/c1-11-7-8-13(14(9-17)16-11)15(18)19-10-12-5-3-2-4-6-12/h2-8,17H,9-10H2,1H3. The lowest BCUT2D eigenvalue weighted by atomic mass is 10.2. The van der Waals surface area contributed by atoms with E-state index in [1.807, 2.05) is 30.3 Å². The minimum atomic E-state index is -0.472. The maximum absolute atomic E-state index is 11.9. The molecule has 0 amide bonds. The molecule has 0 aliphatic rings. The van der Waals surface area contributed by atoms with E-state index in [4.69, 9.17) is 4.74 Å². The number of esters is 1. The summed E-state index contributed by atoms with van der Waals surface area (Å²) in [7, 11) is 0. The van der Waals surface area contributed by atoms with Crippen molar-refractivity contribution < 1.29 is 14.6 Å². The van der Waals surface area contributed by atoms with Gasteiger partial charge in [-0.25, -0.2) is 4.79 Å². The van der Waals surface area contributed by atoms with Gasteiger partial charge < -0.3 is 9.84 Å². The van der Waals surface area contributed by atoms with E-state index in [1.165, 1.54) is 0 Å². The van der Waals surface area contributed by atoms with Crippen LogP contribution in [0, 0.1) is 6.92 Å². The number of ether oxygens (including phenoxy) is 1. The van der Waals surface area contributed by atoms with Gasteiger partial charge in [0.15, 0.2) is 0 Å². The number of aromatic nitrogens is 1. The Morgan fingerprint density at radius 2 is 1.95 bits per heavy atom. The number of nitrogens with zero attached hydrogens (tertiary/aromatic N) is 1. The van der Waals surface area contributed by atoms with E-state index in [1.54, 1.807) is 19.1 Å². The van der Waals surface area contributed by atoms with Crippen molar-refractivity contribution in [1.29, 1.82) is 0 Å². The average Bonchev–Trinajstić information content (AvgIpc) is 2.45. The number of carbonyl (C=O) groups is 1. The Kier molecular flexibility index (Phi) is 4.26. The molecule has 0 aliphatic carbocycles. The average molecular weight is 257 g/mol. The Morgan fingerprint density at radius 3 is 2.63 bits per heavy atom. The summed E-state index contributed by atoms with van der Waals surface area (Å²) in [4.78, 5) is 16.1. The molecule has 0 bridgehead atoms.